The molecule has 148 valence electrons. The molecule has 1 aliphatic carbocycles. The standard InChI is InChI=1S/C9H7.C5H5.5CH3.2ClH.HO2P.Zr/c1-2-5-9-7-3-6-8(9)4-1;1-2-4-5-3-1;;;;;;;;1-3-2;/h1-7H;1-3H,4H2;5*1H3;2*1H;3H;/q7*-1;;;;. The predicted octanol–water partition coefficient (Wildman–Crippen LogP) is 7.31. The van der Waals surface area contributed by atoms with E-state index < -0.39 is 8.34 Å². The quantitative estimate of drug-likeness (QED) is 0.291. The van der Waals surface area contributed by atoms with Crippen molar-refractivity contribution in [3.8, 4) is 0 Å². The summed E-state index contributed by atoms with van der Waals surface area (Å²) in [4.78, 5) is 0. The van der Waals surface area contributed by atoms with Crippen molar-refractivity contribution >= 4 is 43.9 Å². The number of allylic oxidation sites excluding steroid dienone is 4. The number of hydrogen-bond acceptors (Lipinski definition) is 2. The van der Waals surface area contributed by atoms with Crippen LogP contribution in [-0.4, -0.2) is 0 Å². The molecule has 0 radical (unpaired) electrons. The Kier molecular flexibility index (Phi) is 69.4. The molecule has 0 amide bonds. The molecule has 0 aromatic heterocycles. The Bertz CT molecular complexity index is 509. The van der Waals surface area contributed by atoms with Crippen LogP contribution >= 0.6 is 33.2 Å². The number of halogens is 2. The van der Waals surface area contributed by atoms with Crippen LogP contribution in [0.25, 0.3) is 10.8 Å². The van der Waals surface area contributed by atoms with E-state index in [-0.39, 0.29) is 88.2 Å². The van der Waals surface area contributed by atoms with Crippen molar-refractivity contribution in [2.75, 3.05) is 0 Å². The minimum absolute atomic E-state index is 0. The SMILES string of the molecule is Cl.Cl.O=[PH]=O.[C-]1=CC=CC1.[CH3-].[CH3-].[CH3-].[CH3-].[CH3-].[Zr].c1ccc2[cH-]ccc2c1. The van der Waals surface area contributed by atoms with E-state index in [2.05, 4.69) is 54.6 Å². The first-order valence-electron chi connectivity index (χ1n) is 5.20. The molecule has 6 heteroatoms. The summed E-state index contributed by atoms with van der Waals surface area (Å²) in [7, 11) is -1.42. The van der Waals surface area contributed by atoms with Crippen LogP contribution in [0.4, 0.5) is 0 Å². The maximum atomic E-state index is 8.40. The van der Waals surface area contributed by atoms with E-state index in [1.165, 1.54) is 10.8 Å². The summed E-state index contributed by atoms with van der Waals surface area (Å²) in [6.07, 6.45) is 10.0. The molecular weight excluding hydrogens is 453 g/mol. The van der Waals surface area contributed by atoms with Crippen molar-refractivity contribution in [2.24, 2.45) is 0 Å². The molecule has 0 fully saturated rings. The van der Waals surface area contributed by atoms with E-state index in [9.17, 15) is 0 Å². The Morgan fingerprint density at radius 3 is 1.80 bits per heavy atom. The Labute approximate surface area is 188 Å². The summed E-state index contributed by atoms with van der Waals surface area (Å²) >= 11 is 0. The maximum Gasteiger partial charge on any atom is 0.303 e. The molecule has 2 aromatic carbocycles. The smallest absolute Gasteiger partial charge is 0.303 e. The number of hydrogen-bond donors (Lipinski definition) is 0. The van der Waals surface area contributed by atoms with E-state index in [0.29, 0.717) is 0 Å². The van der Waals surface area contributed by atoms with Crippen LogP contribution < -0.4 is 0 Å². The van der Waals surface area contributed by atoms with Gasteiger partial charge in [0.2, 0.25) is 0 Å². The van der Waals surface area contributed by atoms with Crippen molar-refractivity contribution in [3.63, 3.8) is 0 Å². The molecule has 0 spiro atoms. The van der Waals surface area contributed by atoms with Gasteiger partial charge in [-0.05, 0) is 0 Å². The second-order valence-electron chi connectivity index (χ2n) is 3.24. The van der Waals surface area contributed by atoms with Gasteiger partial charge in [0, 0.05) is 26.2 Å². The van der Waals surface area contributed by atoms with Crippen LogP contribution in [0.1, 0.15) is 6.42 Å². The number of fused-ring (bicyclic) bond motifs is 1. The molecule has 2 nitrogen and oxygen atoms in total. The minimum Gasteiger partial charge on any atom is -0.358 e. The summed E-state index contributed by atoms with van der Waals surface area (Å²) < 4.78 is 16.8. The van der Waals surface area contributed by atoms with Crippen molar-refractivity contribution in [1.82, 2.24) is 0 Å². The Hall–Kier alpha value is -0.327. The van der Waals surface area contributed by atoms with Gasteiger partial charge < -0.3 is 37.1 Å². The topological polar surface area (TPSA) is 34.1 Å². The number of rotatable bonds is 0. The summed E-state index contributed by atoms with van der Waals surface area (Å²) in [5.41, 5.74) is 0. The van der Waals surface area contributed by atoms with Gasteiger partial charge in [0.15, 0.2) is 0 Å². The molecule has 3 rings (SSSR count). The molecule has 2 aromatic rings. The fourth-order valence-electron chi connectivity index (χ4n) is 1.41. The van der Waals surface area contributed by atoms with Crippen molar-refractivity contribution in [2.45, 2.75) is 6.42 Å². The molecule has 0 unspecified atom stereocenters. The molecule has 0 heterocycles. The predicted molar refractivity (Wildman–Crippen MR) is 117 cm³/mol. The van der Waals surface area contributed by atoms with Crippen LogP contribution in [0, 0.1) is 43.2 Å². The van der Waals surface area contributed by atoms with Gasteiger partial charge in [0.05, 0.1) is 0 Å². The third-order valence-electron chi connectivity index (χ3n) is 2.13. The third-order valence-corrected chi connectivity index (χ3v) is 2.13. The molecule has 0 saturated carbocycles. The van der Waals surface area contributed by atoms with Crippen molar-refractivity contribution in [3.05, 3.63) is 104 Å². The molecule has 0 atom stereocenters. The van der Waals surface area contributed by atoms with Gasteiger partial charge in [-0.15, -0.1) is 60.9 Å². The zero-order valence-electron chi connectivity index (χ0n) is 15.6. The van der Waals surface area contributed by atoms with E-state index in [1.807, 2.05) is 12.2 Å². The van der Waals surface area contributed by atoms with Crippen LogP contribution in [0.5, 0.6) is 0 Å². The van der Waals surface area contributed by atoms with E-state index >= 15 is 0 Å². The first-order chi connectivity index (χ1) is 8.38. The third kappa shape index (κ3) is 23.7. The van der Waals surface area contributed by atoms with E-state index in [1.54, 1.807) is 0 Å². The summed E-state index contributed by atoms with van der Waals surface area (Å²) in [5.74, 6) is 0. The van der Waals surface area contributed by atoms with Gasteiger partial charge in [-0.2, -0.15) is 23.6 Å². The largest absolute Gasteiger partial charge is 0.358 e. The van der Waals surface area contributed by atoms with Crippen LogP contribution in [0.15, 0.2) is 60.7 Å². The van der Waals surface area contributed by atoms with Gasteiger partial charge in [-0.3, -0.25) is 6.08 Å². The maximum absolute atomic E-state index is 8.40. The molecule has 1 aliphatic rings. The van der Waals surface area contributed by atoms with Gasteiger partial charge >= 0.3 is 8.34 Å². The molecule has 0 aliphatic heterocycles. The fourth-order valence-corrected chi connectivity index (χ4v) is 1.41. The van der Waals surface area contributed by atoms with Crippen LogP contribution in [0.3, 0.4) is 0 Å². The fraction of sp³-hybridized carbons (Fsp3) is 0.0526. The summed E-state index contributed by atoms with van der Waals surface area (Å²) in [6.45, 7) is 0. The van der Waals surface area contributed by atoms with Crippen LogP contribution in [0.2, 0.25) is 0 Å². The molecule has 0 bridgehead atoms. The normalized spacial score (nSPS) is 7.68. The minimum atomic E-state index is -1.42. The zero-order valence-corrected chi connectivity index (χ0v) is 20.7. The molecular formula is C19H30Cl2O2PZr-7. The second kappa shape index (κ2) is 34.9. The average Bonchev–Trinajstić information content (AvgIpc) is 3.05. The molecule has 0 saturated heterocycles. The average molecular weight is 484 g/mol. The van der Waals surface area contributed by atoms with Gasteiger partial charge in [0.1, 0.15) is 0 Å². The number of benzene rings is 1. The molecule has 0 N–H and O–H groups in total. The Morgan fingerprint density at radius 2 is 1.44 bits per heavy atom. The zero-order chi connectivity index (χ0) is 12.3. The monoisotopic (exact) mass is 481 g/mol. The Morgan fingerprint density at radius 1 is 0.920 bits per heavy atom. The van der Waals surface area contributed by atoms with Crippen molar-refractivity contribution < 1.29 is 35.3 Å². The van der Waals surface area contributed by atoms with Gasteiger partial charge in [0.25, 0.3) is 0 Å². The van der Waals surface area contributed by atoms with Gasteiger partial charge in [-0.25, -0.2) is 21.3 Å². The Balaban J connectivity index is -0.0000000274. The van der Waals surface area contributed by atoms with E-state index in [4.69, 9.17) is 9.13 Å². The van der Waals surface area contributed by atoms with Crippen LogP contribution in [-0.2, 0) is 35.3 Å². The van der Waals surface area contributed by atoms with Crippen molar-refractivity contribution in [1.29, 1.82) is 0 Å². The second-order valence-corrected chi connectivity index (χ2v) is 3.41. The van der Waals surface area contributed by atoms with E-state index in [0.717, 1.165) is 6.42 Å². The summed E-state index contributed by atoms with van der Waals surface area (Å²) in [6, 6.07) is 14.7. The summed E-state index contributed by atoms with van der Waals surface area (Å²) in [5, 5.41) is 2.66. The first-order valence-corrected chi connectivity index (χ1v) is 6.01. The van der Waals surface area contributed by atoms with Gasteiger partial charge in [-0.1, -0.05) is 6.07 Å². The first kappa shape index (κ1) is 49.7. The molecule has 25 heavy (non-hydrogen) atoms.